The molecular weight excluding hydrogens is 356 g/mol. The van der Waals surface area contributed by atoms with Crippen molar-refractivity contribution in [2.24, 2.45) is 5.41 Å². The molecule has 2 unspecified atom stereocenters. The molecule has 4 nitrogen and oxygen atoms in total. The van der Waals surface area contributed by atoms with Crippen molar-refractivity contribution in [2.45, 2.75) is 39.3 Å². The monoisotopic (exact) mass is 388 g/mol. The minimum Gasteiger partial charge on any atom is -0.311 e. The predicted molar refractivity (Wildman–Crippen MR) is 113 cm³/mol. The van der Waals surface area contributed by atoms with Crippen LogP contribution in [0.5, 0.6) is 0 Å². The molecule has 0 bridgehead atoms. The lowest BCUT2D eigenvalue weighted by Gasteiger charge is -2.36. The lowest BCUT2D eigenvalue weighted by Crippen LogP contribution is -2.42. The molecule has 0 fully saturated rings. The predicted octanol–water partition coefficient (Wildman–Crippen LogP) is 4.39. The van der Waals surface area contributed by atoms with E-state index in [1.54, 1.807) is 11.4 Å². The molecule has 1 N–H and O–H groups in total. The summed E-state index contributed by atoms with van der Waals surface area (Å²) in [6.45, 7) is 6.04. The first-order valence-electron chi connectivity index (χ1n) is 9.44. The Bertz CT molecular complexity index is 805. The van der Waals surface area contributed by atoms with E-state index in [0.717, 1.165) is 17.5 Å². The molecular formula is C22H32N2O2S. The van der Waals surface area contributed by atoms with Gasteiger partial charge in [0.1, 0.15) is 0 Å². The van der Waals surface area contributed by atoms with Crippen LogP contribution < -0.4 is 5.32 Å². The first-order valence-corrected chi connectivity index (χ1v) is 11.1. The van der Waals surface area contributed by atoms with E-state index < -0.39 is 10.0 Å². The van der Waals surface area contributed by atoms with Gasteiger partial charge in [0.05, 0.1) is 17.8 Å². The normalized spacial score (nSPS) is 14.9. The van der Waals surface area contributed by atoms with Crippen molar-refractivity contribution in [3.63, 3.8) is 0 Å². The van der Waals surface area contributed by atoms with E-state index >= 15 is 0 Å². The van der Waals surface area contributed by atoms with Crippen LogP contribution in [0.3, 0.4) is 0 Å². The van der Waals surface area contributed by atoms with E-state index in [-0.39, 0.29) is 23.3 Å². The number of hydrogen-bond acceptors (Lipinski definition) is 3. The van der Waals surface area contributed by atoms with Crippen LogP contribution in [-0.4, -0.2) is 32.6 Å². The quantitative estimate of drug-likeness (QED) is 0.693. The van der Waals surface area contributed by atoms with Gasteiger partial charge in [-0.25, -0.2) is 8.42 Å². The van der Waals surface area contributed by atoms with Crippen LogP contribution in [0.2, 0.25) is 0 Å². The Morgan fingerprint density at radius 1 is 0.963 bits per heavy atom. The van der Waals surface area contributed by atoms with E-state index in [1.807, 2.05) is 88.5 Å². The Balaban J connectivity index is 2.50. The standard InChI is InChI=1S/C22H32N2O2S/c1-6-22(2,3)17-27(25,26)24(5)21(19-15-11-8-12-16-19)20(23-4)18-13-9-7-10-14-18/h7-16,20-21,23H,6,17H2,1-5H3. The molecule has 2 aromatic carbocycles. The fourth-order valence-electron chi connectivity index (χ4n) is 3.30. The average Bonchev–Trinajstić information content (AvgIpc) is 2.66. The van der Waals surface area contributed by atoms with E-state index in [4.69, 9.17) is 0 Å². The largest absolute Gasteiger partial charge is 0.311 e. The first-order chi connectivity index (χ1) is 12.7. The molecule has 27 heavy (non-hydrogen) atoms. The van der Waals surface area contributed by atoms with Crippen molar-refractivity contribution in [1.82, 2.24) is 9.62 Å². The number of benzene rings is 2. The van der Waals surface area contributed by atoms with Gasteiger partial charge in [-0.15, -0.1) is 0 Å². The lowest BCUT2D eigenvalue weighted by molar-refractivity contribution is 0.293. The van der Waals surface area contributed by atoms with Crippen molar-refractivity contribution in [2.75, 3.05) is 19.8 Å². The van der Waals surface area contributed by atoms with Crippen molar-refractivity contribution in [1.29, 1.82) is 0 Å². The molecule has 2 aromatic rings. The van der Waals surface area contributed by atoms with Crippen LogP contribution in [0.1, 0.15) is 50.4 Å². The Morgan fingerprint density at radius 2 is 1.44 bits per heavy atom. The van der Waals surface area contributed by atoms with Gasteiger partial charge in [0.25, 0.3) is 0 Å². The summed E-state index contributed by atoms with van der Waals surface area (Å²) < 4.78 is 28.1. The Morgan fingerprint density at radius 3 is 1.89 bits per heavy atom. The summed E-state index contributed by atoms with van der Waals surface area (Å²) in [5, 5.41) is 3.34. The minimum absolute atomic E-state index is 0.127. The van der Waals surface area contributed by atoms with Gasteiger partial charge in [0.2, 0.25) is 10.0 Å². The van der Waals surface area contributed by atoms with Crippen LogP contribution in [-0.2, 0) is 10.0 Å². The highest BCUT2D eigenvalue weighted by atomic mass is 32.2. The van der Waals surface area contributed by atoms with Gasteiger partial charge in [-0.2, -0.15) is 4.31 Å². The number of likely N-dealkylation sites (N-methyl/N-ethyl adjacent to an activating group) is 2. The molecule has 0 aliphatic rings. The second-order valence-corrected chi connectivity index (χ2v) is 9.85. The number of nitrogens with zero attached hydrogens (tertiary/aromatic N) is 1. The number of nitrogens with one attached hydrogen (secondary N) is 1. The van der Waals surface area contributed by atoms with Gasteiger partial charge in [-0.3, -0.25) is 0 Å². The van der Waals surface area contributed by atoms with Crippen LogP contribution in [0.4, 0.5) is 0 Å². The van der Waals surface area contributed by atoms with Crippen LogP contribution in [0.15, 0.2) is 60.7 Å². The van der Waals surface area contributed by atoms with Crippen molar-refractivity contribution >= 4 is 10.0 Å². The second-order valence-electron chi connectivity index (χ2n) is 7.82. The topological polar surface area (TPSA) is 49.4 Å². The number of hydrogen-bond donors (Lipinski definition) is 1. The van der Waals surface area contributed by atoms with E-state index in [1.165, 1.54) is 0 Å². The Hall–Kier alpha value is -1.69. The van der Waals surface area contributed by atoms with Crippen LogP contribution in [0, 0.1) is 5.41 Å². The molecule has 0 radical (unpaired) electrons. The molecule has 0 amide bonds. The molecule has 2 rings (SSSR count). The summed E-state index contributed by atoms with van der Waals surface area (Å²) >= 11 is 0. The number of rotatable bonds is 9. The van der Waals surface area contributed by atoms with E-state index in [2.05, 4.69) is 5.32 Å². The molecule has 5 heteroatoms. The van der Waals surface area contributed by atoms with Crippen molar-refractivity contribution < 1.29 is 8.42 Å². The third kappa shape index (κ3) is 5.41. The smallest absolute Gasteiger partial charge is 0.214 e. The minimum atomic E-state index is -3.45. The molecule has 0 saturated carbocycles. The molecule has 0 spiro atoms. The average molecular weight is 389 g/mol. The molecule has 0 saturated heterocycles. The maximum atomic E-state index is 13.3. The summed E-state index contributed by atoms with van der Waals surface area (Å²) in [5.41, 5.74) is 1.77. The maximum absolute atomic E-state index is 13.3. The summed E-state index contributed by atoms with van der Waals surface area (Å²) in [6, 6.07) is 19.4. The number of sulfonamides is 1. The zero-order valence-electron chi connectivity index (χ0n) is 17.0. The summed E-state index contributed by atoms with van der Waals surface area (Å²) in [5.74, 6) is 0.127. The highest BCUT2D eigenvalue weighted by molar-refractivity contribution is 7.89. The molecule has 0 aromatic heterocycles. The second kappa shape index (κ2) is 9.00. The van der Waals surface area contributed by atoms with Gasteiger partial charge >= 0.3 is 0 Å². The lowest BCUT2D eigenvalue weighted by atomic mass is 9.93. The van der Waals surface area contributed by atoms with Gasteiger partial charge in [0, 0.05) is 7.05 Å². The maximum Gasteiger partial charge on any atom is 0.214 e. The molecule has 0 heterocycles. The van der Waals surface area contributed by atoms with E-state index in [0.29, 0.717) is 0 Å². The van der Waals surface area contributed by atoms with Gasteiger partial charge in [0.15, 0.2) is 0 Å². The highest BCUT2D eigenvalue weighted by Gasteiger charge is 2.36. The van der Waals surface area contributed by atoms with Crippen LogP contribution in [0.25, 0.3) is 0 Å². The third-order valence-electron chi connectivity index (χ3n) is 5.29. The third-order valence-corrected chi connectivity index (χ3v) is 7.54. The summed E-state index contributed by atoms with van der Waals surface area (Å²) in [7, 11) is 0.132. The van der Waals surface area contributed by atoms with Crippen LogP contribution >= 0.6 is 0 Å². The molecule has 2 atom stereocenters. The first kappa shape index (κ1) is 21.6. The fraction of sp³-hybridized carbons (Fsp3) is 0.455. The zero-order valence-corrected chi connectivity index (χ0v) is 17.8. The van der Waals surface area contributed by atoms with Gasteiger partial charge < -0.3 is 5.32 Å². The highest BCUT2D eigenvalue weighted by Crippen LogP contribution is 2.36. The van der Waals surface area contributed by atoms with Crippen molar-refractivity contribution in [3.05, 3.63) is 71.8 Å². The summed E-state index contributed by atoms with van der Waals surface area (Å²) in [6.07, 6.45) is 0.810. The van der Waals surface area contributed by atoms with Gasteiger partial charge in [-0.1, -0.05) is 81.4 Å². The summed E-state index contributed by atoms with van der Waals surface area (Å²) in [4.78, 5) is 0. The molecule has 148 valence electrons. The molecule has 0 aliphatic heterocycles. The van der Waals surface area contributed by atoms with E-state index in [9.17, 15) is 8.42 Å². The molecule has 0 aliphatic carbocycles. The Kier molecular flexibility index (Phi) is 7.20. The van der Waals surface area contributed by atoms with Crippen molar-refractivity contribution in [3.8, 4) is 0 Å². The Labute approximate surface area is 164 Å². The van der Waals surface area contributed by atoms with Gasteiger partial charge in [-0.05, 0) is 30.0 Å². The SMILES string of the molecule is CCC(C)(C)CS(=O)(=O)N(C)C(c1ccccc1)C(NC)c1ccccc1. The zero-order chi connectivity index (χ0) is 20.1. The fourth-order valence-corrected chi connectivity index (χ4v) is 5.29.